The number of hydrogen-bond acceptors (Lipinski definition) is 2. The van der Waals surface area contributed by atoms with E-state index in [1.807, 2.05) is 5.57 Å². The molecule has 0 radical (unpaired) electrons. The van der Waals surface area contributed by atoms with Gasteiger partial charge in [0.05, 0.1) is 0 Å². The van der Waals surface area contributed by atoms with Crippen molar-refractivity contribution in [1.29, 1.82) is 0 Å². The lowest BCUT2D eigenvalue weighted by Crippen LogP contribution is -2.50. The van der Waals surface area contributed by atoms with Crippen LogP contribution >= 0.6 is 0 Å². The van der Waals surface area contributed by atoms with Gasteiger partial charge in [-0.05, 0) is 111 Å². The Balaban J connectivity index is 1.34. The molecule has 5 aliphatic rings. The number of aliphatic imine (C=N–C) groups is 1. The molecular formula is C29H48N2. The van der Waals surface area contributed by atoms with Crippen LogP contribution in [0.2, 0.25) is 0 Å². The first-order chi connectivity index (χ1) is 14.7. The highest BCUT2D eigenvalue weighted by Crippen LogP contribution is 2.66. The van der Waals surface area contributed by atoms with Crippen molar-refractivity contribution in [2.24, 2.45) is 63.0 Å². The highest BCUT2D eigenvalue weighted by molar-refractivity contribution is 5.88. The molecule has 0 bridgehead atoms. The molecule has 0 saturated heterocycles. The molecule has 0 aromatic carbocycles. The Morgan fingerprint density at radius 1 is 1.00 bits per heavy atom. The van der Waals surface area contributed by atoms with Crippen LogP contribution in [-0.2, 0) is 0 Å². The maximum atomic E-state index is 6.39. The minimum Gasteiger partial charge on any atom is -0.328 e. The van der Waals surface area contributed by atoms with Gasteiger partial charge in [0.1, 0.15) is 0 Å². The van der Waals surface area contributed by atoms with Crippen molar-refractivity contribution in [2.45, 2.75) is 105 Å². The van der Waals surface area contributed by atoms with Crippen LogP contribution in [0.1, 0.15) is 98.8 Å². The average molecular weight is 425 g/mol. The third-order valence-corrected chi connectivity index (χ3v) is 11.4. The first-order valence-corrected chi connectivity index (χ1v) is 13.7. The molecule has 3 fully saturated rings. The van der Waals surface area contributed by atoms with Gasteiger partial charge < -0.3 is 5.73 Å². The van der Waals surface area contributed by atoms with E-state index >= 15 is 0 Å². The van der Waals surface area contributed by atoms with Gasteiger partial charge in [-0.15, -0.1) is 0 Å². The summed E-state index contributed by atoms with van der Waals surface area (Å²) in [4.78, 5) is 5.00. The van der Waals surface area contributed by atoms with Gasteiger partial charge in [0, 0.05) is 24.2 Å². The Morgan fingerprint density at radius 3 is 2.52 bits per heavy atom. The van der Waals surface area contributed by atoms with Gasteiger partial charge in [0.25, 0.3) is 0 Å². The van der Waals surface area contributed by atoms with Crippen LogP contribution in [0.5, 0.6) is 0 Å². The number of rotatable bonds is 4. The summed E-state index contributed by atoms with van der Waals surface area (Å²) in [6.07, 6.45) is 16.2. The first kappa shape index (κ1) is 22.2. The van der Waals surface area contributed by atoms with Crippen LogP contribution in [0, 0.1) is 52.3 Å². The normalized spacial score (nSPS) is 48.0. The van der Waals surface area contributed by atoms with E-state index < -0.39 is 0 Å². The lowest BCUT2D eigenvalue weighted by molar-refractivity contribution is -0.0110. The number of nitrogens with zero attached hydrogens (tertiary/aromatic N) is 1. The van der Waals surface area contributed by atoms with Crippen LogP contribution < -0.4 is 5.73 Å². The van der Waals surface area contributed by atoms with E-state index in [9.17, 15) is 0 Å². The number of allylic oxidation sites excluding steroid dienone is 2. The zero-order valence-corrected chi connectivity index (χ0v) is 21.0. The summed E-state index contributed by atoms with van der Waals surface area (Å²) in [5, 5.41) is 0. The minimum absolute atomic E-state index is 0.451. The van der Waals surface area contributed by atoms with E-state index in [0.717, 1.165) is 48.0 Å². The van der Waals surface area contributed by atoms with Crippen LogP contribution in [-0.4, -0.2) is 18.3 Å². The predicted molar refractivity (Wildman–Crippen MR) is 132 cm³/mol. The van der Waals surface area contributed by atoms with Crippen molar-refractivity contribution >= 4 is 5.71 Å². The molecule has 174 valence electrons. The fraction of sp³-hybridized carbons (Fsp3) is 0.897. The lowest BCUT2D eigenvalue weighted by atomic mass is 9.47. The van der Waals surface area contributed by atoms with Crippen LogP contribution in [0.3, 0.4) is 0 Å². The summed E-state index contributed by atoms with van der Waals surface area (Å²) in [6, 6.07) is 0.451. The SMILES string of the molecule is CC(C)C1CCN=C1CC(C)C1CCC2C3=CCC4CC(N)CCC4(C)C3CCC21C. The maximum Gasteiger partial charge on any atom is 0.0395 e. The van der Waals surface area contributed by atoms with Crippen molar-refractivity contribution in [3.05, 3.63) is 11.6 Å². The summed E-state index contributed by atoms with van der Waals surface area (Å²) in [7, 11) is 0. The van der Waals surface area contributed by atoms with Gasteiger partial charge >= 0.3 is 0 Å². The van der Waals surface area contributed by atoms with Crippen LogP contribution in [0.15, 0.2) is 16.6 Å². The number of hydrogen-bond donors (Lipinski definition) is 1. The topological polar surface area (TPSA) is 38.4 Å². The molecule has 1 aliphatic heterocycles. The van der Waals surface area contributed by atoms with Gasteiger partial charge in [0.2, 0.25) is 0 Å². The van der Waals surface area contributed by atoms with Gasteiger partial charge in [-0.2, -0.15) is 0 Å². The highest BCUT2D eigenvalue weighted by Gasteiger charge is 2.58. The van der Waals surface area contributed by atoms with Crippen molar-refractivity contribution in [2.75, 3.05) is 6.54 Å². The Bertz CT molecular complexity index is 750. The molecule has 0 spiro atoms. The third-order valence-electron chi connectivity index (χ3n) is 11.4. The zero-order chi connectivity index (χ0) is 22.0. The fourth-order valence-corrected chi connectivity index (χ4v) is 9.56. The Kier molecular flexibility index (Phi) is 5.72. The molecule has 5 rings (SSSR count). The smallest absolute Gasteiger partial charge is 0.0395 e. The van der Waals surface area contributed by atoms with Crippen molar-refractivity contribution in [3.63, 3.8) is 0 Å². The number of fused-ring (bicyclic) bond motifs is 5. The average Bonchev–Trinajstić information content (AvgIpc) is 3.32. The van der Waals surface area contributed by atoms with E-state index in [1.54, 1.807) is 5.71 Å². The van der Waals surface area contributed by atoms with Crippen LogP contribution in [0.4, 0.5) is 0 Å². The molecule has 3 saturated carbocycles. The van der Waals surface area contributed by atoms with E-state index in [4.69, 9.17) is 10.7 Å². The molecule has 9 atom stereocenters. The zero-order valence-electron chi connectivity index (χ0n) is 21.0. The van der Waals surface area contributed by atoms with E-state index in [-0.39, 0.29) is 0 Å². The Morgan fingerprint density at radius 2 is 1.74 bits per heavy atom. The van der Waals surface area contributed by atoms with Gasteiger partial charge in [-0.25, -0.2) is 0 Å². The first-order valence-electron chi connectivity index (χ1n) is 13.7. The van der Waals surface area contributed by atoms with Gasteiger partial charge in [-0.1, -0.05) is 46.3 Å². The number of nitrogens with two attached hydrogens (primary N) is 1. The van der Waals surface area contributed by atoms with Crippen LogP contribution in [0.25, 0.3) is 0 Å². The van der Waals surface area contributed by atoms with E-state index in [1.165, 1.54) is 64.2 Å². The lowest BCUT2D eigenvalue weighted by Gasteiger charge is -2.58. The summed E-state index contributed by atoms with van der Waals surface area (Å²) in [6.45, 7) is 13.8. The van der Waals surface area contributed by atoms with Crippen molar-refractivity contribution in [1.82, 2.24) is 0 Å². The standard InChI is InChI=1S/C29H48N2/c1-18(2)22-12-15-31-27(22)16-19(3)24-8-9-25-23-7-6-20-17-21(30)10-13-28(20,4)26(23)11-14-29(24,25)5/h7,18-22,24-26H,6,8-17,30H2,1-5H3. The molecule has 1 heterocycles. The summed E-state index contributed by atoms with van der Waals surface area (Å²) < 4.78 is 0. The molecule has 0 aromatic heterocycles. The van der Waals surface area contributed by atoms with Crippen molar-refractivity contribution < 1.29 is 0 Å². The molecule has 2 nitrogen and oxygen atoms in total. The molecule has 31 heavy (non-hydrogen) atoms. The molecule has 4 aliphatic carbocycles. The second-order valence-corrected chi connectivity index (χ2v) is 13.2. The quantitative estimate of drug-likeness (QED) is 0.483. The Hall–Kier alpha value is -0.630. The monoisotopic (exact) mass is 424 g/mol. The van der Waals surface area contributed by atoms with E-state index in [0.29, 0.717) is 16.9 Å². The minimum atomic E-state index is 0.451. The second kappa shape index (κ2) is 8.00. The predicted octanol–water partition coefficient (Wildman–Crippen LogP) is 7.04. The highest BCUT2D eigenvalue weighted by atomic mass is 14.8. The summed E-state index contributed by atoms with van der Waals surface area (Å²) in [5.74, 6) is 5.68. The molecule has 9 unspecified atom stereocenters. The molecule has 2 heteroatoms. The fourth-order valence-electron chi connectivity index (χ4n) is 9.56. The van der Waals surface area contributed by atoms with Gasteiger partial charge in [-0.3, -0.25) is 4.99 Å². The second-order valence-electron chi connectivity index (χ2n) is 13.2. The molecule has 0 amide bonds. The van der Waals surface area contributed by atoms with Crippen molar-refractivity contribution in [3.8, 4) is 0 Å². The Labute approximate surface area is 191 Å². The van der Waals surface area contributed by atoms with Gasteiger partial charge in [0.15, 0.2) is 0 Å². The molecule has 0 aromatic rings. The maximum absolute atomic E-state index is 6.39. The largest absolute Gasteiger partial charge is 0.328 e. The summed E-state index contributed by atoms with van der Waals surface area (Å²) in [5.41, 5.74) is 10.9. The molecular weight excluding hydrogens is 376 g/mol. The summed E-state index contributed by atoms with van der Waals surface area (Å²) >= 11 is 0. The molecule has 2 N–H and O–H groups in total. The third kappa shape index (κ3) is 3.49. The van der Waals surface area contributed by atoms with E-state index in [2.05, 4.69) is 40.7 Å².